The molecule has 142 valence electrons. The molecule has 0 saturated carbocycles. The zero-order chi connectivity index (χ0) is 19.4. The summed E-state index contributed by atoms with van der Waals surface area (Å²) in [5.74, 6) is -1.30. The Bertz CT molecular complexity index is 809. The minimum absolute atomic E-state index is 0.0361. The second-order valence-electron chi connectivity index (χ2n) is 6.30. The van der Waals surface area contributed by atoms with Crippen LogP contribution in [0, 0.1) is 5.41 Å². The lowest BCUT2D eigenvalue weighted by molar-refractivity contribution is -0.164. The van der Waals surface area contributed by atoms with Crippen molar-refractivity contribution in [3.8, 4) is 0 Å². The summed E-state index contributed by atoms with van der Waals surface area (Å²) in [6.45, 7) is 4.08. The Morgan fingerprint density at radius 2 is 1.81 bits per heavy atom. The molecular formula is C20H21NO4S2. The van der Waals surface area contributed by atoms with E-state index in [4.69, 9.17) is 4.74 Å². The highest BCUT2D eigenvalue weighted by molar-refractivity contribution is 8.27. The number of Topliss-reactive ketones (excluding diaryl/α,β-unsaturated/α-hetero) is 1. The van der Waals surface area contributed by atoms with Gasteiger partial charge in [-0.1, -0.05) is 60.8 Å². The molecule has 0 aliphatic carbocycles. The number of rotatable bonds is 5. The van der Waals surface area contributed by atoms with Gasteiger partial charge in [0, 0.05) is 13.1 Å². The van der Waals surface area contributed by atoms with Gasteiger partial charge in [0.05, 0.1) is 10.8 Å². The van der Waals surface area contributed by atoms with Crippen LogP contribution in [0.15, 0.2) is 51.0 Å². The third-order valence-corrected chi connectivity index (χ3v) is 6.85. The van der Waals surface area contributed by atoms with Crippen LogP contribution >= 0.6 is 23.5 Å². The second kappa shape index (κ2) is 8.35. The van der Waals surface area contributed by atoms with E-state index in [0.717, 1.165) is 5.56 Å². The summed E-state index contributed by atoms with van der Waals surface area (Å²) in [6.07, 6.45) is 0.281. The van der Waals surface area contributed by atoms with Crippen LogP contribution < -0.4 is 0 Å². The first-order chi connectivity index (χ1) is 13.0. The Morgan fingerprint density at radius 3 is 2.41 bits per heavy atom. The number of nitrogens with zero attached hydrogens (tertiary/aromatic N) is 1. The van der Waals surface area contributed by atoms with E-state index >= 15 is 0 Å². The van der Waals surface area contributed by atoms with Crippen molar-refractivity contribution in [1.82, 2.24) is 4.90 Å². The molecule has 3 rings (SSSR count). The minimum Gasteiger partial charge on any atom is -0.465 e. The van der Waals surface area contributed by atoms with Gasteiger partial charge in [0.25, 0.3) is 5.91 Å². The molecule has 1 amide bonds. The zero-order valence-electron chi connectivity index (χ0n) is 15.3. The smallest absolute Gasteiger partial charge is 0.321 e. The number of piperidine rings is 1. The average molecular weight is 404 g/mol. The molecule has 0 aromatic heterocycles. The lowest BCUT2D eigenvalue weighted by Gasteiger charge is -2.40. The molecule has 0 spiro atoms. The number of thioether (sulfide) groups is 2. The van der Waals surface area contributed by atoms with Gasteiger partial charge >= 0.3 is 5.97 Å². The minimum atomic E-state index is -1.36. The van der Waals surface area contributed by atoms with Crippen molar-refractivity contribution in [3.05, 3.63) is 56.5 Å². The molecule has 1 saturated heterocycles. The number of ketones is 1. The maximum Gasteiger partial charge on any atom is 0.321 e. The molecule has 1 fully saturated rings. The largest absolute Gasteiger partial charge is 0.465 e. The number of benzene rings is 1. The molecule has 27 heavy (non-hydrogen) atoms. The molecule has 0 N–H and O–H groups in total. The standard InChI is InChI=1S/C20H21NO4S2/c1-3-20(19(24)25-4-2)13-21(12-14-8-6-5-7-9-14)17(23)15(16(20)22)18-26-10-11-27-18/h5-11H,3-4,12-13H2,1-2H3. The molecule has 2 aliphatic heterocycles. The van der Waals surface area contributed by atoms with E-state index in [2.05, 4.69) is 0 Å². The first kappa shape index (κ1) is 19.8. The van der Waals surface area contributed by atoms with Crippen LogP contribution in [0.4, 0.5) is 0 Å². The maximum atomic E-state index is 13.3. The van der Waals surface area contributed by atoms with Gasteiger partial charge in [0.2, 0.25) is 0 Å². The SMILES string of the molecule is CCOC(=O)C1(CC)CN(Cc2ccccc2)C(=O)C(=C2SC=CS2)C1=O. The quantitative estimate of drug-likeness (QED) is 0.323. The fraction of sp³-hybridized carbons (Fsp3) is 0.350. The molecule has 1 atom stereocenters. The molecule has 7 heteroatoms. The number of esters is 1. The molecule has 1 aromatic rings. The highest BCUT2D eigenvalue weighted by Gasteiger charge is 2.55. The van der Waals surface area contributed by atoms with E-state index in [0.29, 0.717) is 10.8 Å². The van der Waals surface area contributed by atoms with E-state index in [9.17, 15) is 14.4 Å². The van der Waals surface area contributed by atoms with Gasteiger partial charge in [0.15, 0.2) is 5.78 Å². The predicted molar refractivity (Wildman–Crippen MR) is 108 cm³/mol. The molecule has 2 heterocycles. The van der Waals surface area contributed by atoms with Crippen molar-refractivity contribution in [3.63, 3.8) is 0 Å². The lowest BCUT2D eigenvalue weighted by atomic mass is 9.74. The van der Waals surface area contributed by atoms with Crippen LogP contribution in [0.3, 0.4) is 0 Å². The van der Waals surface area contributed by atoms with E-state index in [1.807, 2.05) is 41.1 Å². The zero-order valence-corrected chi connectivity index (χ0v) is 16.9. The topological polar surface area (TPSA) is 63.7 Å². The Kier molecular flexibility index (Phi) is 6.11. The molecule has 1 aromatic carbocycles. The summed E-state index contributed by atoms with van der Waals surface area (Å²) in [5.41, 5.74) is -0.305. The van der Waals surface area contributed by atoms with Gasteiger partial charge in [-0.05, 0) is 29.7 Å². The van der Waals surface area contributed by atoms with Crippen LogP contribution in [-0.2, 0) is 25.7 Å². The number of carbonyl (C=O) groups excluding carboxylic acids is 3. The summed E-state index contributed by atoms with van der Waals surface area (Å²) in [5, 5.41) is 3.67. The van der Waals surface area contributed by atoms with Crippen molar-refractivity contribution in [2.45, 2.75) is 26.8 Å². The third-order valence-electron chi connectivity index (χ3n) is 4.72. The van der Waals surface area contributed by atoms with Crippen LogP contribution in [-0.4, -0.2) is 35.7 Å². The van der Waals surface area contributed by atoms with Gasteiger partial charge < -0.3 is 9.64 Å². The first-order valence-electron chi connectivity index (χ1n) is 8.81. The number of ether oxygens (including phenoxy) is 1. The van der Waals surface area contributed by atoms with Crippen molar-refractivity contribution in [1.29, 1.82) is 0 Å². The lowest BCUT2D eigenvalue weighted by Crippen LogP contribution is -2.57. The Morgan fingerprint density at radius 1 is 1.15 bits per heavy atom. The monoisotopic (exact) mass is 403 g/mol. The summed E-state index contributed by atoms with van der Waals surface area (Å²) in [6, 6.07) is 9.56. The first-order valence-corrected chi connectivity index (χ1v) is 10.6. The van der Waals surface area contributed by atoms with Crippen LogP contribution in [0.2, 0.25) is 0 Å². The normalized spacial score (nSPS) is 22.5. The highest BCUT2D eigenvalue weighted by atomic mass is 32.2. The van der Waals surface area contributed by atoms with Crippen molar-refractivity contribution in [2.75, 3.05) is 13.2 Å². The van der Waals surface area contributed by atoms with E-state index in [1.54, 1.807) is 18.7 Å². The van der Waals surface area contributed by atoms with Crippen LogP contribution in [0.5, 0.6) is 0 Å². The number of hydrogen-bond acceptors (Lipinski definition) is 6. The maximum absolute atomic E-state index is 13.3. The molecule has 2 aliphatic rings. The van der Waals surface area contributed by atoms with Gasteiger partial charge in [-0.2, -0.15) is 0 Å². The van der Waals surface area contributed by atoms with Crippen LogP contribution in [0.25, 0.3) is 0 Å². The summed E-state index contributed by atoms with van der Waals surface area (Å²) in [7, 11) is 0. The second-order valence-corrected chi connectivity index (χ2v) is 8.39. The Hall–Kier alpha value is -1.99. The van der Waals surface area contributed by atoms with E-state index < -0.39 is 17.2 Å². The van der Waals surface area contributed by atoms with Crippen molar-refractivity contribution >= 4 is 41.2 Å². The summed E-state index contributed by atoms with van der Waals surface area (Å²) < 4.78 is 5.87. The average Bonchev–Trinajstić information content (AvgIpc) is 3.19. The molecular weight excluding hydrogens is 382 g/mol. The molecule has 5 nitrogen and oxygen atoms in total. The van der Waals surface area contributed by atoms with Gasteiger partial charge in [-0.3, -0.25) is 14.4 Å². The predicted octanol–water partition coefficient (Wildman–Crippen LogP) is 3.72. The summed E-state index contributed by atoms with van der Waals surface area (Å²) >= 11 is 2.69. The van der Waals surface area contributed by atoms with E-state index in [1.165, 1.54) is 23.5 Å². The third kappa shape index (κ3) is 3.71. The van der Waals surface area contributed by atoms with Gasteiger partial charge in [-0.25, -0.2) is 0 Å². The Labute approximate surface area is 167 Å². The Balaban J connectivity index is 2.04. The number of carbonyl (C=O) groups is 3. The van der Waals surface area contributed by atoms with Gasteiger partial charge in [-0.15, -0.1) is 0 Å². The molecule has 0 bridgehead atoms. The fourth-order valence-corrected chi connectivity index (χ4v) is 5.09. The number of likely N-dealkylation sites (tertiary alicyclic amines) is 1. The van der Waals surface area contributed by atoms with Crippen LogP contribution in [0.1, 0.15) is 25.8 Å². The summed E-state index contributed by atoms with van der Waals surface area (Å²) in [4.78, 5) is 40.9. The van der Waals surface area contributed by atoms with Crippen molar-refractivity contribution in [2.24, 2.45) is 5.41 Å². The molecule has 1 unspecified atom stereocenters. The highest BCUT2D eigenvalue weighted by Crippen LogP contribution is 2.45. The van der Waals surface area contributed by atoms with Gasteiger partial charge in [0.1, 0.15) is 11.0 Å². The van der Waals surface area contributed by atoms with Crippen molar-refractivity contribution < 1.29 is 19.1 Å². The molecule has 0 radical (unpaired) electrons. The number of hydrogen-bond donors (Lipinski definition) is 0. The number of amides is 1. The fourth-order valence-electron chi connectivity index (χ4n) is 3.24. The van der Waals surface area contributed by atoms with E-state index in [-0.39, 0.29) is 31.1 Å².